The molecule has 2 aromatic carbocycles. The summed E-state index contributed by atoms with van der Waals surface area (Å²) in [5, 5.41) is 7.61. The van der Waals surface area contributed by atoms with Crippen LogP contribution in [0.25, 0.3) is 10.9 Å². The number of amides is 1. The molecule has 0 unspecified atom stereocenters. The Kier molecular flexibility index (Phi) is 4.93. The number of ether oxygens (including phenoxy) is 2. The first-order chi connectivity index (χ1) is 12.8. The Morgan fingerprint density at radius 3 is 2.67 bits per heavy atom. The van der Waals surface area contributed by atoms with Gasteiger partial charge < -0.3 is 14.8 Å². The maximum atomic E-state index is 12.5. The number of rotatable bonds is 5. The lowest BCUT2D eigenvalue weighted by atomic mass is 10.1. The Hall–Kier alpha value is -3.23. The van der Waals surface area contributed by atoms with Crippen molar-refractivity contribution in [1.82, 2.24) is 15.1 Å². The Morgan fingerprint density at radius 2 is 1.96 bits per heavy atom. The summed E-state index contributed by atoms with van der Waals surface area (Å²) in [4.78, 5) is 12.4. The molecule has 9 heteroatoms. The summed E-state index contributed by atoms with van der Waals surface area (Å²) in [5.41, 5.74) is 1.11. The maximum absolute atomic E-state index is 12.5. The van der Waals surface area contributed by atoms with Gasteiger partial charge in [0.2, 0.25) is 5.88 Å². The third-order valence-electron chi connectivity index (χ3n) is 3.87. The number of aromatic nitrogens is 2. The lowest BCUT2D eigenvalue weighted by Gasteiger charge is -2.13. The quantitative estimate of drug-likeness (QED) is 0.738. The van der Waals surface area contributed by atoms with E-state index in [2.05, 4.69) is 15.2 Å². The van der Waals surface area contributed by atoms with E-state index in [-0.39, 0.29) is 17.9 Å². The molecule has 0 atom stereocenters. The molecule has 27 heavy (non-hydrogen) atoms. The molecule has 1 amide bonds. The summed E-state index contributed by atoms with van der Waals surface area (Å²) >= 11 is 0. The molecular weight excluding hydrogens is 363 g/mol. The summed E-state index contributed by atoms with van der Waals surface area (Å²) in [6.45, 7) is -0.116. The van der Waals surface area contributed by atoms with E-state index in [1.165, 1.54) is 25.3 Å². The van der Waals surface area contributed by atoms with Gasteiger partial charge >= 0.3 is 6.36 Å². The largest absolute Gasteiger partial charge is 0.573 e. The lowest BCUT2D eigenvalue weighted by molar-refractivity contribution is -0.274. The van der Waals surface area contributed by atoms with E-state index < -0.39 is 12.3 Å². The van der Waals surface area contributed by atoms with Gasteiger partial charge in [0.25, 0.3) is 5.91 Å². The number of hydrogen-bond acceptors (Lipinski definition) is 4. The molecule has 0 saturated carbocycles. The van der Waals surface area contributed by atoms with Gasteiger partial charge in [-0.1, -0.05) is 18.2 Å². The smallest absolute Gasteiger partial charge is 0.481 e. The molecule has 0 aliphatic heterocycles. The van der Waals surface area contributed by atoms with E-state index in [9.17, 15) is 18.0 Å². The minimum absolute atomic E-state index is 0.116. The highest BCUT2D eigenvalue weighted by Crippen LogP contribution is 2.27. The number of hydrogen-bond donors (Lipinski definition) is 1. The minimum atomic E-state index is -4.80. The molecule has 1 N–H and O–H groups in total. The van der Waals surface area contributed by atoms with Crippen LogP contribution in [0.5, 0.6) is 11.6 Å². The minimum Gasteiger partial charge on any atom is -0.481 e. The van der Waals surface area contributed by atoms with Crippen molar-refractivity contribution in [3.63, 3.8) is 0 Å². The zero-order valence-electron chi connectivity index (χ0n) is 14.5. The fourth-order valence-corrected chi connectivity index (χ4v) is 2.71. The van der Waals surface area contributed by atoms with Crippen LogP contribution in [0, 0.1) is 0 Å². The van der Waals surface area contributed by atoms with E-state index in [0.717, 1.165) is 5.39 Å². The molecule has 0 spiro atoms. The van der Waals surface area contributed by atoms with Gasteiger partial charge in [-0.2, -0.15) is 5.10 Å². The molecule has 3 aromatic rings. The number of fused-ring (bicyclic) bond motifs is 1. The van der Waals surface area contributed by atoms with Gasteiger partial charge in [-0.25, -0.2) is 4.68 Å². The molecule has 0 bridgehead atoms. The average Bonchev–Trinajstić information content (AvgIpc) is 2.93. The third kappa shape index (κ3) is 4.13. The van der Waals surface area contributed by atoms with Crippen molar-refractivity contribution in [2.45, 2.75) is 12.9 Å². The van der Waals surface area contributed by atoms with E-state index in [0.29, 0.717) is 17.0 Å². The number of carbonyl (C=O) groups excluding carboxylic acids is 1. The van der Waals surface area contributed by atoms with Crippen molar-refractivity contribution in [1.29, 1.82) is 0 Å². The second-order valence-electron chi connectivity index (χ2n) is 5.70. The Labute approximate surface area is 152 Å². The molecule has 0 aliphatic carbocycles. The Bertz CT molecular complexity index is 983. The monoisotopic (exact) mass is 379 g/mol. The van der Waals surface area contributed by atoms with E-state index in [4.69, 9.17) is 4.74 Å². The zero-order chi connectivity index (χ0) is 19.6. The normalized spacial score (nSPS) is 11.4. The van der Waals surface area contributed by atoms with E-state index >= 15 is 0 Å². The summed E-state index contributed by atoms with van der Waals surface area (Å²) in [6.07, 6.45) is -4.80. The molecule has 0 saturated heterocycles. The van der Waals surface area contributed by atoms with E-state index in [1.54, 1.807) is 36.0 Å². The number of aryl methyl sites for hydroxylation is 1. The molecule has 1 aromatic heterocycles. The standard InChI is InChI=1S/C18H16F3N3O3/c1-24-17(26-2)13-8-7-11(9-14(13)23-24)16(25)22-10-12-5-3-4-6-15(12)27-18(19,20)21/h3-9H,10H2,1-2H3,(H,22,25). The molecule has 142 valence electrons. The van der Waals surface area contributed by atoms with E-state index in [1.807, 2.05) is 0 Å². The van der Waals surface area contributed by atoms with Crippen LogP contribution in [-0.2, 0) is 13.6 Å². The second-order valence-corrected chi connectivity index (χ2v) is 5.70. The van der Waals surface area contributed by atoms with Crippen LogP contribution < -0.4 is 14.8 Å². The summed E-state index contributed by atoms with van der Waals surface area (Å²) in [7, 11) is 3.24. The number of alkyl halides is 3. The van der Waals surface area contributed by atoms with Gasteiger partial charge in [-0.15, -0.1) is 13.2 Å². The topological polar surface area (TPSA) is 65.4 Å². The van der Waals surface area contributed by atoms with Crippen molar-refractivity contribution in [3.8, 4) is 11.6 Å². The van der Waals surface area contributed by atoms with Crippen molar-refractivity contribution in [3.05, 3.63) is 53.6 Å². The Morgan fingerprint density at radius 1 is 1.22 bits per heavy atom. The highest BCUT2D eigenvalue weighted by Gasteiger charge is 2.32. The fourth-order valence-electron chi connectivity index (χ4n) is 2.71. The first kappa shape index (κ1) is 18.6. The molecule has 1 heterocycles. The zero-order valence-corrected chi connectivity index (χ0v) is 14.5. The molecule has 0 radical (unpaired) electrons. The highest BCUT2D eigenvalue weighted by atomic mass is 19.4. The van der Waals surface area contributed by atoms with Crippen LogP contribution in [0.1, 0.15) is 15.9 Å². The molecule has 0 fully saturated rings. The number of carbonyl (C=O) groups is 1. The van der Waals surface area contributed by atoms with Crippen LogP contribution in [0.4, 0.5) is 13.2 Å². The molecule has 0 aliphatic rings. The summed E-state index contributed by atoms with van der Waals surface area (Å²) < 4.78 is 48.2. The lowest BCUT2D eigenvalue weighted by Crippen LogP contribution is -2.24. The average molecular weight is 379 g/mol. The number of nitrogens with one attached hydrogen (secondary N) is 1. The maximum Gasteiger partial charge on any atom is 0.573 e. The van der Waals surface area contributed by atoms with Gasteiger partial charge in [-0.05, 0) is 24.3 Å². The summed E-state index contributed by atoms with van der Waals surface area (Å²) in [5.74, 6) is -0.228. The van der Waals surface area contributed by atoms with Crippen molar-refractivity contribution >= 4 is 16.8 Å². The first-order valence-electron chi connectivity index (χ1n) is 7.91. The second kappa shape index (κ2) is 7.18. The molecular formula is C18H16F3N3O3. The number of para-hydroxylation sites is 1. The van der Waals surface area contributed by atoms with Gasteiger partial charge in [0, 0.05) is 24.7 Å². The van der Waals surface area contributed by atoms with Crippen LogP contribution in [0.3, 0.4) is 0 Å². The SMILES string of the molecule is COc1c2ccc(C(=O)NCc3ccccc3OC(F)(F)F)cc2nn1C. The first-order valence-corrected chi connectivity index (χ1v) is 7.91. The number of halogens is 3. The van der Waals surface area contributed by atoms with Crippen molar-refractivity contribution in [2.75, 3.05) is 7.11 Å². The molecule has 3 rings (SSSR count). The van der Waals surface area contributed by atoms with Crippen molar-refractivity contribution < 1.29 is 27.4 Å². The predicted octanol–water partition coefficient (Wildman–Crippen LogP) is 3.41. The van der Waals surface area contributed by atoms with Crippen LogP contribution >= 0.6 is 0 Å². The van der Waals surface area contributed by atoms with Crippen LogP contribution in [0.15, 0.2) is 42.5 Å². The fraction of sp³-hybridized carbons (Fsp3) is 0.222. The van der Waals surface area contributed by atoms with Crippen LogP contribution in [-0.4, -0.2) is 29.2 Å². The van der Waals surface area contributed by atoms with Gasteiger partial charge in [0.05, 0.1) is 18.0 Å². The van der Waals surface area contributed by atoms with Gasteiger partial charge in [0.1, 0.15) is 5.75 Å². The van der Waals surface area contributed by atoms with Crippen LogP contribution in [0.2, 0.25) is 0 Å². The number of methoxy groups -OCH3 is 1. The van der Waals surface area contributed by atoms with Gasteiger partial charge in [-0.3, -0.25) is 4.79 Å². The van der Waals surface area contributed by atoms with Gasteiger partial charge in [0.15, 0.2) is 0 Å². The number of benzene rings is 2. The third-order valence-corrected chi connectivity index (χ3v) is 3.87. The summed E-state index contributed by atoms with van der Waals surface area (Å²) in [6, 6.07) is 10.5. The van der Waals surface area contributed by atoms with Crippen molar-refractivity contribution in [2.24, 2.45) is 7.05 Å². The molecule has 6 nitrogen and oxygen atoms in total. The highest BCUT2D eigenvalue weighted by molar-refractivity contribution is 5.98. The predicted molar refractivity (Wildman–Crippen MR) is 91.6 cm³/mol. The number of nitrogens with zero attached hydrogens (tertiary/aromatic N) is 2. The Balaban J connectivity index is 1.76.